The van der Waals surface area contributed by atoms with Crippen LogP contribution in [0.2, 0.25) is 0 Å². The van der Waals surface area contributed by atoms with Gasteiger partial charge in [0.05, 0.1) is 11.4 Å². The summed E-state index contributed by atoms with van der Waals surface area (Å²) in [6.07, 6.45) is 3.74. The molecule has 3 N–H and O–H groups in total. The van der Waals surface area contributed by atoms with Gasteiger partial charge in [-0.2, -0.15) is 0 Å². The second-order valence-electron chi connectivity index (χ2n) is 6.89. The number of piperazine rings is 1. The molecule has 0 amide bonds. The standard InChI is InChI=1S/C20H24N6/c1-14-17(21)12-19(24-14)15-5-6-22-18(11-15)16-3-4-20(23-13-16)26-9-7-25(2)8-10-26/h3-6,11-13,24H,7-10,21H2,1-2H3. The molecule has 4 heterocycles. The molecule has 1 aliphatic heterocycles. The maximum atomic E-state index is 5.96. The third kappa shape index (κ3) is 3.28. The van der Waals surface area contributed by atoms with E-state index in [1.165, 1.54) is 0 Å². The van der Waals surface area contributed by atoms with Gasteiger partial charge in [-0.1, -0.05) is 0 Å². The molecule has 1 saturated heterocycles. The van der Waals surface area contributed by atoms with Crippen LogP contribution in [0.5, 0.6) is 0 Å². The Morgan fingerprint density at radius 3 is 2.46 bits per heavy atom. The van der Waals surface area contributed by atoms with Crippen LogP contribution in [-0.2, 0) is 0 Å². The number of nitrogens with one attached hydrogen (secondary N) is 1. The Morgan fingerprint density at radius 1 is 1.00 bits per heavy atom. The maximum Gasteiger partial charge on any atom is 0.128 e. The number of nitrogen functional groups attached to an aromatic ring is 1. The van der Waals surface area contributed by atoms with Crippen LogP contribution in [0.3, 0.4) is 0 Å². The van der Waals surface area contributed by atoms with E-state index in [4.69, 9.17) is 5.73 Å². The molecule has 6 nitrogen and oxygen atoms in total. The third-order valence-electron chi connectivity index (χ3n) is 5.00. The summed E-state index contributed by atoms with van der Waals surface area (Å²) < 4.78 is 0. The van der Waals surface area contributed by atoms with Gasteiger partial charge in [-0.3, -0.25) is 4.98 Å². The monoisotopic (exact) mass is 348 g/mol. The topological polar surface area (TPSA) is 74.1 Å². The third-order valence-corrected chi connectivity index (χ3v) is 5.00. The smallest absolute Gasteiger partial charge is 0.128 e. The normalized spacial score (nSPS) is 15.4. The lowest BCUT2D eigenvalue weighted by atomic mass is 10.1. The van der Waals surface area contributed by atoms with E-state index in [9.17, 15) is 0 Å². The van der Waals surface area contributed by atoms with Gasteiger partial charge in [0.15, 0.2) is 0 Å². The van der Waals surface area contributed by atoms with Crippen molar-refractivity contribution in [1.82, 2.24) is 19.9 Å². The lowest BCUT2D eigenvalue weighted by Gasteiger charge is -2.33. The number of hydrogen-bond donors (Lipinski definition) is 2. The molecule has 134 valence electrons. The predicted molar refractivity (Wildman–Crippen MR) is 106 cm³/mol. The van der Waals surface area contributed by atoms with Crippen molar-refractivity contribution in [3.63, 3.8) is 0 Å². The van der Waals surface area contributed by atoms with E-state index >= 15 is 0 Å². The minimum Gasteiger partial charge on any atom is -0.397 e. The quantitative estimate of drug-likeness (QED) is 0.761. The summed E-state index contributed by atoms with van der Waals surface area (Å²) in [4.78, 5) is 17.2. The molecule has 0 aromatic carbocycles. The summed E-state index contributed by atoms with van der Waals surface area (Å²) in [6, 6.07) is 10.2. The molecule has 0 unspecified atom stereocenters. The minimum absolute atomic E-state index is 0.775. The largest absolute Gasteiger partial charge is 0.397 e. The molecular formula is C20H24N6. The van der Waals surface area contributed by atoms with E-state index < -0.39 is 0 Å². The van der Waals surface area contributed by atoms with E-state index in [2.05, 4.69) is 50.0 Å². The predicted octanol–water partition coefficient (Wildman–Crippen LogP) is 2.78. The first-order valence-electron chi connectivity index (χ1n) is 8.91. The first-order chi connectivity index (χ1) is 12.6. The van der Waals surface area contributed by atoms with Crippen molar-refractivity contribution in [2.75, 3.05) is 43.9 Å². The number of anilines is 2. The summed E-state index contributed by atoms with van der Waals surface area (Å²) in [5.41, 5.74) is 11.7. The number of nitrogens with zero attached hydrogens (tertiary/aromatic N) is 4. The van der Waals surface area contributed by atoms with Crippen molar-refractivity contribution in [3.05, 3.63) is 48.4 Å². The molecule has 0 saturated carbocycles. The van der Waals surface area contributed by atoms with Gasteiger partial charge in [-0.05, 0) is 44.3 Å². The highest BCUT2D eigenvalue weighted by Gasteiger charge is 2.15. The number of H-pyrrole nitrogens is 1. The second-order valence-corrected chi connectivity index (χ2v) is 6.89. The molecule has 0 aliphatic carbocycles. The first-order valence-corrected chi connectivity index (χ1v) is 8.91. The van der Waals surface area contributed by atoms with E-state index in [0.717, 1.165) is 65.9 Å². The van der Waals surface area contributed by atoms with Crippen LogP contribution >= 0.6 is 0 Å². The molecule has 6 heteroatoms. The fourth-order valence-electron chi connectivity index (χ4n) is 3.25. The number of aryl methyl sites for hydroxylation is 1. The number of aromatic nitrogens is 3. The van der Waals surface area contributed by atoms with Crippen molar-refractivity contribution in [1.29, 1.82) is 0 Å². The second kappa shape index (κ2) is 6.80. The van der Waals surface area contributed by atoms with Gasteiger partial charge in [-0.15, -0.1) is 0 Å². The zero-order valence-electron chi connectivity index (χ0n) is 15.2. The SMILES string of the molecule is Cc1[nH]c(-c2ccnc(-c3ccc(N4CCN(C)CC4)nc3)c2)cc1N. The molecule has 0 spiro atoms. The van der Waals surface area contributed by atoms with Gasteiger partial charge in [0.2, 0.25) is 0 Å². The number of aromatic amines is 1. The van der Waals surface area contributed by atoms with Gasteiger partial charge in [0, 0.05) is 61.1 Å². The molecule has 0 radical (unpaired) electrons. The molecular weight excluding hydrogens is 324 g/mol. The number of likely N-dealkylation sites (N-methyl/N-ethyl adjacent to an activating group) is 1. The fraction of sp³-hybridized carbons (Fsp3) is 0.300. The van der Waals surface area contributed by atoms with Crippen molar-refractivity contribution < 1.29 is 0 Å². The van der Waals surface area contributed by atoms with Gasteiger partial charge in [0.1, 0.15) is 5.82 Å². The first kappa shape index (κ1) is 16.6. The number of rotatable bonds is 3. The van der Waals surface area contributed by atoms with Crippen molar-refractivity contribution >= 4 is 11.5 Å². The zero-order chi connectivity index (χ0) is 18.1. The highest BCUT2D eigenvalue weighted by Crippen LogP contribution is 2.27. The highest BCUT2D eigenvalue weighted by molar-refractivity contribution is 5.71. The fourth-order valence-corrected chi connectivity index (χ4v) is 3.25. The Labute approximate surface area is 153 Å². The molecule has 26 heavy (non-hydrogen) atoms. The van der Waals surface area contributed by atoms with Crippen LogP contribution in [0, 0.1) is 6.92 Å². The van der Waals surface area contributed by atoms with Crippen LogP contribution in [0.4, 0.5) is 11.5 Å². The van der Waals surface area contributed by atoms with Crippen molar-refractivity contribution in [2.45, 2.75) is 6.92 Å². The zero-order valence-corrected chi connectivity index (χ0v) is 15.2. The van der Waals surface area contributed by atoms with E-state index in [0.29, 0.717) is 0 Å². The molecule has 3 aromatic rings. The van der Waals surface area contributed by atoms with Gasteiger partial charge < -0.3 is 20.5 Å². The van der Waals surface area contributed by atoms with Crippen LogP contribution in [-0.4, -0.2) is 53.1 Å². The van der Waals surface area contributed by atoms with E-state index in [1.807, 2.05) is 31.5 Å². The summed E-state index contributed by atoms with van der Waals surface area (Å²) in [5, 5.41) is 0. The lowest BCUT2D eigenvalue weighted by Crippen LogP contribution is -2.44. The summed E-state index contributed by atoms with van der Waals surface area (Å²) in [5.74, 6) is 1.03. The average molecular weight is 348 g/mol. The van der Waals surface area contributed by atoms with Crippen molar-refractivity contribution in [3.8, 4) is 22.5 Å². The average Bonchev–Trinajstić information content (AvgIpc) is 3.01. The van der Waals surface area contributed by atoms with Gasteiger partial charge >= 0.3 is 0 Å². The molecule has 0 bridgehead atoms. The van der Waals surface area contributed by atoms with Gasteiger partial charge in [-0.25, -0.2) is 4.98 Å². The molecule has 1 aliphatic rings. The van der Waals surface area contributed by atoms with E-state index in [1.54, 1.807) is 0 Å². The Kier molecular flexibility index (Phi) is 4.34. The number of nitrogens with two attached hydrogens (primary N) is 1. The highest BCUT2D eigenvalue weighted by atomic mass is 15.3. The Hall–Kier alpha value is -2.86. The Bertz CT molecular complexity index is 871. The van der Waals surface area contributed by atoms with Crippen LogP contribution < -0.4 is 10.6 Å². The molecule has 4 rings (SSSR count). The number of hydrogen-bond acceptors (Lipinski definition) is 5. The molecule has 3 aromatic heterocycles. The number of pyridine rings is 2. The lowest BCUT2D eigenvalue weighted by molar-refractivity contribution is 0.312. The Balaban J connectivity index is 1.57. The molecule has 1 fully saturated rings. The van der Waals surface area contributed by atoms with Crippen LogP contribution in [0.15, 0.2) is 42.7 Å². The van der Waals surface area contributed by atoms with Crippen LogP contribution in [0.25, 0.3) is 22.5 Å². The molecule has 0 atom stereocenters. The minimum atomic E-state index is 0.775. The summed E-state index contributed by atoms with van der Waals surface area (Å²) in [7, 11) is 2.16. The summed E-state index contributed by atoms with van der Waals surface area (Å²) >= 11 is 0. The maximum absolute atomic E-state index is 5.96. The van der Waals surface area contributed by atoms with E-state index in [-0.39, 0.29) is 0 Å². The summed E-state index contributed by atoms with van der Waals surface area (Å²) in [6.45, 7) is 6.16. The Morgan fingerprint density at radius 2 is 1.81 bits per heavy atom. The van der Waals surface area contributed by atoms with Crippen molar-refractivity contribution in [2.24, 2.45) is 0 Å². The van der Waals surface area contributed by atoms with Crippen LogP contribution in [0.1, 0.15) is 5.69 Å². The van der Waals surface area contributed by atoms with Gasteiger partial charge in [0.25, 0.3) is 0 Å².